The number of rotatable bonds is 5. The molecule has 2 aromatic carbocycles. The lowest BCUT2D eigenvalue weighted by molar-refractivity contribution is 0.388. The van der Waals surface area contributed by atoms with Crippen molar-refractivity contribution in [3.05, 3.63) is 58.4 Å². The molecule has 0 aliphatic rings. The monoisotopic (exact) mass is 309 g/mol. The summed E-state index contributed by atoms with van der Waals surface area (Å²) in [7, 11) is 3.15. The quantitative estimate of drug-likeness (QED) is 0.915. The van der Waals surface area contributed by atoms with Crippen molar-refractivity contribution < 1.29 is 13.9 Å². The fourth-order valence-electron chi connectivity index (χ4n) is 2.17. The van der Waals surface area contributed by atoms with E-state index in [0.717, 1.165) is 5.56 Å². The van der Waals surface area contributed by atoms with Gasteiger partial charge in [0, 0.05) is 22.7 Å². The molecule has 1 atom stereocenters. The van der Waals surface area contributed by atoms with E-state index in [-0.39, 0.29) is 11.9 Å². The molecule has 0 aromatic heterocycles. The summed E-state index contributed by atoms with van der Waals surface area (Å²) in [5.41, 5.74) is 7.70. The number of halogens is 2. The molecule has 0 aliphatic heterocycles. The van der Waals surface area contributed by atoms with Gasteiger partial charge >= 0.3 is 0 Å². The second-order valence-electron chi connectivity index (χ2n) is 4.65. The Balaban J connectivity index is 2.27. The predicted molar refractivity (Wildman–Crippen MR) is 81.6 cm³/mol. The molecule has 0 amide bonds. The van der Waals surface area contributed by atoms with Crippen molar-refractivity contribution >= 4 is 11.6 Å². The zero-order chi connectivity index (χ0) is 15.4. The van der Waals surface area contributed by atoms with Crippen LogP contribution in [-0.4, -0.2) is 14.2 Å². The van der Waals surface area contributed by atoms with Crippen LogP contribution in [0.2, 0.25) is 5.02 Å². The Morgan fingerprint density at radius 1 is 1.14 bits per heavy atom. The van der Waals surface area contributed by atoms with Crippen molar-refractivity contribution in [1.82, 2.24) is 0 Å². The van der Waals surface area contributed by atoms with Gasteiger partial charge in [-0.3, -0.25) is 0 Å². The molecule has 2 rings (SSSR count). The van der Waals surface area contributed by atoms with Crippen molar-refractivity contribution in [2.45, 2.75) is 12.5 Å². The average Bonchev–Trinajstić information content (AvgIpc) is 2.50. The summed E-state index contributed by atoms with van der Waals surface area (Å²) in [5, 5.41) is 0.499. The summed E-state index contributed by atoms with van der Waals surface area (Å²) >= 11 is 6.08. The number of ether oxygens (including phenoxy) is 2. The predicted octanol–water partition coefficient (Wildman–Crippen LogP) is 3.74. The largest absolute Gasteiger partial charge is 0.497 e. The molecule has 2 N–H and O–H groups in total. The third-order valence-corrected chi connectivity index (χ3v) is 3.66. The Morgan fingerprint density at radius 2 is 1.90 bits per heavy atom. The second-order valence-corrected chi connectivity index (χ2v) is 5.06. The summed E-state index contributed by atoms with van der Waals surface area (Å²) in [6.07, 6.45) is 0.416. The van der Waals surface area contributed by atoms with Gasteiger partial charge in [-0.05, 0) is 36.2 Å². The second kappa shape index (κ2) is 6.78. The SMILES string of the molecule is COc1ccc(C(N)Cc2cc(F)ccc2Cl)c(OC)c1. The van der Waals surface area contributed by atoms with E-state index >= 15 is 0 Å². The van der Waals surface area contributed by atoms with Crippen LogP contribution in [0.15, 0.2) is 36.4 Å². The Kier molecular flexibility index (Phi) is 5.04. The summed E-state index contributed by atoms with van der Waals surface area (Å²) in [6, 6.07) is 9.32. The minimum Gasteiger partial charge on any atom is -0.497 e. The fraction of sp³-hybridized carbons (Fsp3) is 0.250. The van der Waals surface area contributed by atoms with E-state index in [1.807, 2.05) is 12.1 Å². The lowest BCUT2D eigenvalue weighted by Gasteiger charge is -2.17. The molecule has 0 aliphatic carbocycles. The number of nitrogens with two attached hydrogens (primary N) is 1. The van der Waals surface area contributed by atoms with Crippen LogP contribution in [0.25, 0.3) is 0 Å². The number of methoxy groups -OCH3 is 2. The van der Waals surface area contributed by atoms with Crippen LogP contribution in [-0.2, 0) is 6.42 Å². The van der Waals surface area contributed by atoms with E-state index in [0.29, 0.717) is 28.5 Å². The van der Waals surface area contributed by atoms with Crippen molar-refractivity contribution in [3.63, 3.8) is 0 Å². The van der Waals surface area contributed by atoms with Gasteiger partial charge in [0.1, 0.15) is 17.3 Å². The lowest BCUT2D eigenvalue weighted by atomic mass is 9.98. The highest BCUT2D eigenvalue weighted by Crippen LogP contribution is 2.31. The highest BCUT2D eigenvalue weighted by atomic mass is 35.5. The minimum absolute atomic E-state index is 0.330. The normalized spacial score (nSPS) is 12.0. The average molecular weight is 310 g/mol. The van der Waals surface area contributed by atoms with Gasteiger partial charge in [-0.1, -0.05) is 17.7 Å². The first kappa shape index (κ1) is 15.6. The van der Waals surface area contributed by atoms with E-state index < -0.39 is 0 Å². The molecule has 2 aromatic rings. The Labute approximate surface area is 128 Å². The smallest absolute Gasteiger partial charge is 0.127 e. The molecule has 0 saturated heterocycles. The highest BCUT2D eigenvalue weighted by Gasteiger charge is 2.15. The molecule has 112 valence electrons. The van der Waals surface area contributed by atoms with E-state index in [9.17, 15) is 4.39 Å². The molecule has 0 fully saturated rings. The molecule has 5 heteroatoms. The van der Waals surface area contributed by atoms with Gasteiger partial charge < -0.3 is 15.2 Å². The molecule has 0 heterocycles. The molecule has 0 radical (unpaired) electrons. The summed E-state index contributed by atoms with van der Waals surface area (Å²) in [4.78, 5) is 0. The third kappa shape index (κ3) is 3.65. The van der Waals surface area contributed by atoms with E-state index in [1.54, 1.807) is 20.3 Å². The van der Waals surface area contributed by atoms with E-state index in [2.05, 4.69) is 0 Å². The van der Waals surface area contributed by atoms with E-state index in [4.69, 9.17) is 26.8 Å². The van der Waals surface area contributed by atoms with Crippen LogP contribution in [0.3, 0.4) is 0 Å². The summed E-state index contributed by atoms with van der Waals surface area (Å²) < 4.78 is 23.8. The maximum absolute atomic E-state index is 13.3. The molecule has 0 spiro atoms. The van der Waals surface area contributed by atoms with Crippen LogP contribution < -0.4 is 15.2 Å². The zero-order valence-electron chi connectivity index (χ0n) is 11.9. The fourth-order valence-corrected chi connectivity index (χ4v) is 2.37. The molecule has 0 bridgehead atoms. The Hall–Kier alpha value is -1.78. The summed E-state index contributed by atoms with van der Waals surface area (Å²) in [6.45, 7) is 0. The number of hydrogen-bond acceptors (Lipinski definition) is 3. The minimum atomic E-state index is -0.356. The molecule has 1 unspecified atom stereocenters. The van der Waals surface area contributed by atoms with Crippen molar-refractivity contribution in [2.24, 2.45) is 5.73 Å². The summed E-state index contributed by atoms with van der Waals surface area (Å²) in [5.74, 6) is 0.990. The molecule has 0 saturated carbocycles. The van der Waals surface area contributed by atoms with Crippen LogP contribution in [0.4, 0.5) is 4.39 Å². The van der Waals surface area contributed by atoms with Crippen molar-refractivity contribution in [3.8, 4) is 11.5 Å². The first-order chi connectivity index (χ1) is 10.0. The van der Waals surface area contributed by atoms with E-state index in [1.165, 1.54) is 18.2 Å². The molecule has 21 heavy (non-hydrogen) atoms. The van der Waals surface area contributed by atoms with Gasteiger partial charge in [0.15, 0.2) is 0 Å². The van der Waals surface area contributed by atoms with Gasteiger partial charge in [0.2, 0.25) is 0 Å². The van der Waals surface area contributed by atoms with Gasteiger partial charge in [-0.2, -0.15) is 0 Å². The Bertz CT molecular complexity index is 634. The maximum atomic E-state index is 13.3. The molecular formula is C16H17ClFNO2. The highest BCUT2D eigenvalue weighted by molar-refractivity contribution is 6.31. The number of hydrogen-bond donors (Lipinski definition) is 1. The first-order valence-electron chi connectivity index (χ1n) is 6.46. The van der Waals surface area contributed by atoms with Crippen LogP contribution >= 0.6 is 11.6 Å². The molecular weight excluding hydrogens is 293 g/mol. The van der Waals surface area contributed by atoms with Crippen molar-refractivity contribution in [1.29, 1.82) is 0 Å². The van der Waals surface area contributed by atoms with Crippen LogP contribution in [0.5, 0.6) is 11.5 Å². The van der Waals surface area contributed by atoms with Crippen molar-refractivity contribution in [2.75, 3.05) is 14.2 Å². The van der Waals surface area contributed by atoms with Gasteiger partial charge in [-0.25, -0.2) is 4.39 Å². The Morgan fingerprint density at radius 3 is 2.57 bits per heavy atom. The zero-order valence-corrected chi connectivity index (χ0v) is 12.7. The topological polar surface area (TPSA) is 44.5 Å². The van der Waals surface area contributed by atoms with Gasteiger partial charge in [-0.15, -0.1) is 0 Å². The lowest BCUT2D eigenvalue weighted by Crippen LogP contribution is -2.15. The van der Waals surface area contributed by atoms with Gasteiger partial charge in [0.25, 0.3) is 0 Å². The number of benzene rings is 2. The third-order valence-electron chi connectivity index (χ3n) is 3.29. The van der Waals surface area contributed by atoms with Crippen LogP contribution in [0.1, 0.15) is 17.2 Å². The molecule has 3 nitrogen and oxygen atoms in total. The maximum Gasteiger partial charge on any atom is 0.127 e. The first-order valence-corrected chi connectivity index (χ1v) is 6.84. The standard InChI is InChI=1S/C16H17ClFNO2/c1-20-12-4-5-13(16(9-12)21-2)15(19)8-10-7-11(18)3-6-14(10)17/h3-7,9,15H,8,19H2,1-2H3. The van der Waals surface area contributed by atoms with Crippen LogP contribution in [0, 0.1) is 5.82 Å². The van der Waals surface area contributed by atoms with Gasteiger partial charge in [0.05, 0.1) is 14.2 Å².